The minimum Gasteiger partial charge on any atom is -0.332 e. The fourth-order valence-electron chi connectivity index (χ4n) is 3.30. The number of carbonyl (C=O) groups is 1. The summed E-state index contributed by atoms with van der Waals surface area (Å²) in [6.07, 6.45) is 1.96. The third-order valence-electron chi connectivity index (χ3n) is 4.55. The molecule has 1 saturated heterocycles. The lowest BCUT2D eigenvalue weighted by Gasteiger charge is -2.25. The maximum atomic E-state index is 12.8. The monoisotopic (exact) mass is 323 g/mol. The second-order valence-electron chi connectivity index (χ2n) is 6.35. The van der Waals surface area contributed by atoms with Crippen LogP contribution in [0.3, 0.4) is 0 Å². The average molecular weight is 323 g/mol. The molecule has 2 aromatic rings. The first-order valence-corrected chi connectivity index (χ1v) is 8.19. The number of hydrogen-bond acceptors (Lipinski definition) is 4. The molecule has 0 aliphatic carbocycles. The van der Waals surface area contributed by atoms with Crippen LogP contribution < -0.4 is 0 Å². The zero-order chi connectivity index (χ0) is 17.3. The number of pyridine rings is 1. The summed E-state index contributed by atoms with van der Waals surface area (Å²) in [6.45, 7) is 7.22. The Morgan fingerprint density at radius 1 is 1.38 bits per heavy atom. The number of hydrogen-bond donors (Lipinski definition) is 0. The predicted molar refractivity (Wildman–Crippen MR) is 89.4 cm³/mol. The van der Waals surface area contributed by atoms with Gasteiger partial charge in [-0.2, -0.15) is 10.4 Å². The molecular formula is C18H21N5O. The van der Waals surface area contributed by atoms with Gasteiger partial charge in [-0.1, -0.05) is 0 Å². The maximum absolute atomic E-state index is 12.8. The largest absolute Gasteiger partial charge is 0.332 e. The molecule has 0 saturated carbocycles. The van der Waals surface area contributed by atoms with Crippen molar-refractivity contribution in [3.05, 3.63) is 46.5 Å². The lowest BCUT2D eigenvalue weighted by Crippen LogP contribution is -2.39. The zero-order valence-corrected chi connectivity index (χ0v) is 14.3. The minimum absolute atomic E-state index is 0.0633. The van der Waals surface area contributed by atoms with Crippen molar-refractivity contribution < 1.29 is 4.79 Å². The Morgan fingerprint density at radius 3 is 2.79 bits per heavy atom. The quantitative estimate of drug-likeness (QED) is 0.869. The Kier molecular flexibility index (Phi) is 4.34. The molecule has 6 heteroatoms. The van der Waals surface area contributed by atoms with E-state index in [4.69, 9.17) is 5.26 Å². The van der Waals surface area contributed by atoms with Crippen molar-refractivity contribution >= 4 is 5.91 Å². The Balaban J connectivity index is 1.80. The molecule has 1 fully saturated rings. The number of aromatic nitrogens is 3. The first kappa shape index (κ1) is 16.2. The van der Waals surface area contributed by atoms with Crippen molar-refractivity contribution in [2.24, 2.45) is 0 Å². The third-order valence-corrected chi connectivity index (χ3v) is 4.55. The number of rotatable bonds is 3. The van der Waals surface area contributed by atoms with Crippen molar-refractivity contribution in [1.29, 1.82) is 5.26 Å². The highest BCUT2D eigenvalue weighted by atomic mass is 16.2. The van der Waals surface area contributed by atoms with Crippen molar-refractivity contribution in [3.63, 3.8) is 0 Å². The molecule has 0 aromatic carbocycles. The van der Waals surface area contributed by atoms with Gasteiger partial charge in [0, 0.05) is 12.2 Å². The Bertz CT molecular complexity index is 817. The molecule has 0 spiro atoms. The Morgan fingerprint density at radius 2 is 2.17 bits per heavy atom. The van der Waals surface area contributed by atoms with E-state index in [9.17, 15) is 4.79 Å². The lowest BCUT2D eigenvalue weighted by molar-refractivity contribution is 0.0715. The molecule has 1 aliphatic heterocycles. The van der Waals surface area contributed by atoms with Crippen LogP contribution in [0.4, 0.5) is 0 Å². The van der Waals surface area contributed by atoms with Crippen molar-refractivity contribution in [1.82, 2.24) is 19.7 Å². The fourth-order valence-corrected chi connectivity index (χ4v) is 3.30. The second kappa shape index (κ2) is 6.44. The van der Waals surface area contributed by atoms with Crippen molar-refractivity contribution in [2.75, 3.05) is 6.54 Å². The summed E-state index contributed by atoms with van der Waals surface area (Å²) < 4.78 is 1.98. The van der Waals surface area contributed by atoms with Gasteiger partial charge in [0.15, 0.2) is 0 Å². The molecule has 0 bridgehead atoms. The smallest absolute Gasteiger partial charge is 0.272 e. The molecule has 3 rings (SSSR count). The summed E-state index contributed by atoms with van der Waals surface area (Å²) in [4.78, 5) is 19.0. The normalized spacial score (nSPS) is 17.1. The molecule has 124 valence electrons. The van der Waals surface area contributed by atoms with Gasteiger partial charge in [0.2, 0.25) is 0 Å². The topological polar surface area (TPSA) is 74.8 Å². The number of likely N-dealkylation sites (tertiary alicyclic amines) is 1. The number of nitrogens with zero attached hydrogens (tertiary/aromatic N) is 5. The van der Waals surface area contributed by atoms with Crippen LogP contribution in [0, 0.1) is 32.1 Å². The Labute approximate surface area is 141 Å². The van der Waals surface area contributed by atoms with Gasteiger partial charge in [-0.15, -0.1) is 0 Å². The van der Waals surface area contributed by atoms with Gasteiger partial charge in [0.05, 0.1) is 29.5 Å². The molecule has 2 aromatic heterocycles. The van der Waals surface area contributed by atoms with Gasteiger partial charge >= 0.3 is 0 Å². The molecule has 0 radical (unpaired) electrons. The summed E-state index contributed by atoms with van der Waals surface area (Å²) >= 11 is 0. The number of carbonyl (C=O) groups excluding carboxylic acids is 1. The van der Waals surface area contributed by atoms with Gasteiger partial charge in [0.25, 0.3) is 5.91 Å². The summed E-state index contributed by atoms with van der Waals surface area (Å²) in [5.41, 5.74) is 3.61. The molecule has 1 atom stereocenters. The van der Waals surface area contributed by atoms with Crippen molar-refractivity contribution in [2.45, 2.75) is 46.2 Å². The molecule has 1 aliphatic rings. The summed E-state index contributed by atoms with van der Waals surface area (Å²) in [7, 11) is 0. The third kappa shape index (κ3) is 3.02. The van der Waals surface area contributed by atoms with Gasteiger partial charge in [-0.3, -0.25) is 9.48 Å². The van der Waals surface area contributed by atoms with E-state index in [1.165, 1.54) is 0 Å². The molecule has 24 heavy (non-hydrogen) atoms. The van der Waals surface area contributed by atoms with Crippen LogP contribution in [-0.4, -0.2) is 38.2 Å². The highest BCUT2D eigenvalue weighted by Gasteiger charge is 2.31. The van der Waals surface area contributed by atoms with Gasteiger partial charge < -0.3 is 4.90 Å². The molecule has 6 nitrogen and oxygen atoms in total. The highest BCUT2D eigenvalue weighted by Crippen LogP contribution is 2.22. The van der Waals surface area contributed by atoms with E-state index >= 15 is 0 Å². The van der Waals surface area contributed by atoms with Crippen molar-refractivity contribution in [3.8, 4) is 6.07 Å². The van der Waals surface area contributed by atoms with E-state index in [0.717, 1.165) is 30.8 Å². The SMILES string of the molecule is Cc1cc(C)n(CC2CCCN2C(=O)c2ccc(C#N)c(C)n2)n1. The van der Waals surface area contributed by atoms with Crippen LogP contribution >= 0.6 is 0 Å². The van der Waals surface area contributed by atoms with Crippen LogP contribution in [0.5, 0.6) is 0 Å². The fraction of sp³-hybridized carbons (Fsp3) is 0.444. The zero-order valence-electron chi connectivity index (χ0n) is 14.3. The van der Waals surface area contributed by atoms with E-state index < -0.39 is 0 Å². The predicted octanol–water partition coefficient (Wildman–Crippen LogP) is 2.38. The van der Waals surface area contributed by atoms with Gasteiger partial charge in [-0.25, -0.2) is 4.98 Å². The van der Waals surface area contributed by atoms with Crippen LogP contribution in [0.25, 0.3) is 0 Å². The average Bonchev–Trinajstić information content (AvgIpc) is 3.13. The minimum atomic E-state index is -0.0633. The van der Waals surface area contributed by atoms with Crippen LogP contribution in [0.2, 0.25) is 0 Å². The van der Waals surface area contributed by atoms with Gasteiger partial charge in [0.1, 0.15) is 11.8 Å². The van der Waals surface area contributed by atoms with Crippen LogP contribution in [0.15, 0.2) is 18.2 Å². The molecular weight excluding hydrogens is 302 g/mol. The van der Waals surface area contributed by atoms with E-state index in [-0.39, 0.29) is 11.9 Å². The first-order valence-electron chi connectivity index (χ1n) is 8.19. The Hall–Kier alpha value is -2.68. The summed E-state index contributed by atoms with van der Waals surface area (Å²) in [6, 6.07) is 7.58. The molecule has 0 N–H and O–H groups in total. The maximum Gasteiger partial charge on any atom is 0.272 e. The summed E-state index contributed by atoms with van der Waals surface area (Å²) in [5.74, 6) is -0.0633. The number of nitriles is 1. The standard InChI is InChI=1S/C18H21N5O/c1-12-9-13(2)23(21-12)11-16-5-4-8-22(16)18(24)17-7-6-15(10-19)14(3)20-17/h6-7,9,16H,4-5,8,11H2,1-3H3. The summed E-state index contributed by atoms with van der Waals surface area (Å²) in [5, 5.41) is 13.5. The van der Waals surface area contributed by atoms with E-state index in [2.05, 4.69) is 16.2 Å². The highest BCUT2D eigenvalue weighted by molar-refractivity contribution is 5.92. The molecule has 3 heterocycles. The van der Waals surface area contributed by atoms with Gasteiger partial charge in [-0.05, 0) is 51.8 Å². The van der Waals surface area contributed by atoms with E-state index in [1.54, 1.807) is 19.1 Å². The van der Waals surface area contributed by atoms with Crippen LogP contribution in [0.1, 0.15) is 46.0 Å². The van der Waals surface area contributed by atoms with E-state index in [0.29, 0.717) is 23.5 Å². The van der Waals surface area contributed by atoms with E-state index in [1.807, 2.05) is 29.5 Å². The second-order valence-corrected chi connectivity index (χ2v) is 6.35. The van der Waals surface area contributed by atoms with Crippen LogP contribution in [-0.2, 0) is 6.54 Å². The molecule has 1 amide bonds. The first-order chi connectivity index (χ1) is 11.5. The number of amides is 1. The molecule has 1 unspecified atom stereocenters. The number of aryl methyl sites for hydroxylation is 3. The lowest BCUT2D eigenvalue weighted by atomic mass is 10.1.